The lowest BCUT2D eigenvalue weighted by atomic mass is 10.1. The van der Waals surface area contributed by atoms with Crippen molar-refractivity contribution in [2.75, 3.05) is 12.8 Å². The Balaban J connectivity index is 2.10. The van der Waals surface area contributed by atoms with Crippen LogP contribution in [0.4, 0.5) is 0 Å². The number of hydrogen-bond acceptors (Lipinski definition) is 3. The summed E-state index contributed by atoms with van der Waals surface area (Å²) in [5, 5.41) is 2.70. The number of hydrogen-bond donors (Lipinski definition) is 1. The number of benzene rings is 2. The maximum Gasteiger partial charge on any atom is 0.242 e. The monoisotopic (exact) mass is 398 g/mol. The van der Waals surface area contributed by atoms with E-state index in [-0.39, 0.29) is 11.8 Å². The van der Waals surface area contributed by atoms with Gasteiger partial charge in [0.15, 0.2) is 0 Å². The minimum absolute atomic E-state index is 0.0123. The minimum atomic E-state index is -0.457. The van der Waals surface area contributed by atoms with Crippen molar-refractivity contribution in [2.45, 2.75) is 51.1 Å². The van der Waals surface area contributed by atoms with Gasteiger partial charge in [-0.3, -0.25) is 9.59 Å². The van der Waals surface area contributed by atoms with Crippen molar-refractivity contribution in [3.8, 4) is 0 Å². The minimum Gasteiger partial charge on any atom is -0.357 e. The van der Waals surface area contributed by atoms with Gasteiger partial charge < -0.3 is 10.2 Å². The summed E-state index contributed by atoms with van der Waals surface area (Å²) in [5.41, 5.74) is 3.42. The number of amides is 2. The Morgan fingerprint density at radius 3 is 2.36 bits per heavy atom. The summed E-state index contributed by atoms with van der Waals surface area (Å²) in [5.74, 6) is 0.588. The zero-order valence-electron chi connectivity index (χ0n) is 17.2. The molecule has 0 aliphatic rings. The molecule has 0 aliphatic carbocycles. The van der Waals surface area contributed by atoms with Crippen LogP contribution in [0.1, 0.15) is 36.5 Å². The second kappa shape index (κ2) is 10.9. The van der Waals surface area contributed by atoms with Crippen molar-refractivity contribution in [1.29, 1.82) is 0 Å². The van der Waals surface area contributed by atoms with Crippen LogP contribution in [0.15, 0.2) is 53.4 Å². The number of likely N-dealkylation sites (N-methyl/N-ethyl adjacent to an activating group) is 1. The Hall–Kier alpha value is -2.27. The van der Waals surface area contributed by atoms with Gasteiger partial charge in [0, 0.05) is 30.7 Å². The molecule has 5 heteroatoms. The quantitative estimate of drug-likeness (QED) is 0.639. The van der Waals surface area contributed by atoms with E-state index >= 15 is 0 Å². The topological polar surface area (TPSA) is 49.4 Å². The van der Waals surface area contributed by atoms with Gasteiger partial charge in [-0.2, -0.15) is 0 Å². The molecule has 4 nitrogen and oxygen atoms in total. The van der Waals surface area contributed by atoms with Crippen molar-refractivity contribution < 1.29 is 9.59 Å². The lowest BCUT2D eigenvalue weighted by Gasteiger charge is -2.30. The van der Waals surface area contributed by atoms with Crippen molar-refractivity contribution in [2.24, 2.45) is 0 Å². The first-order valence-corrected chi connectivity index (χ1v) is 10.7. The molecule has 0 aromatic heterocycles. The SMILES string of the molecule is CC[C@@H](C(=O)NC)N(Cc1ccccc1C)C(=O)CCSc1ccc(C)cc1. The van der Waals surface area contributed by atoms with Crippen LogP contribution in [-0.2, 0) is 16.1 Å². The molecule has 1 N–H and O–H groups in total. The van der Waals surface area contributed by atoms with Crippen molar-refractivity contribution in [1.82, 2.24) is 10.2 Å². The molecule has 0 radical (unpaired) electrons. The molecule has 0 bridgehead atoms. The second-order valence-corrected chi connectivity index (χ2v) is 8.07. The Morgan fingerprint density at radius 2 is 1.75 bits per heavy atom. The number of aryl methyl sites for hydroxylation is 2. The van der Waals surface area contributed by atoms with Crippen LogP contribution >= 0.6 is 11.8 Å². The van der Waals surface area contributed by atoms with Crippen molar-refractivity contribution >= 4 is 23.6 Å². The number of nitrogens with one attached hydrogen (secondary N) is 1. The Morgan fingerprint density at radius 1 is 1.07 bits per heavy atom. The molecule has 0 spiro atoms. The maximum absolute atomic E-state index is 13.1. The van der Waals surface area contributed by atoms with Gasteiger partial charge in [-0.15, -0.1) is 11.8 Å². The highest BCUT2D eigenvalue weighted by Crippen LogP contribution is 2.21. The Labute approximate surface area is 172 Å². The standard InChI is InChI=1S/C23H30N2O2S/c1-5-21(23(27)24-4)25(16-19-9-7-6-8-18(19)3)22(26)14-15-28-20-12-10-17(2)11-13-20/h6-13,21H,5,14-16H2,1-4H3,(H,24,27)/t21-/m0/s1. The predicted molar refractivity (Wildman–Crippen MR) is 116 cm³/mol. The van der Waals surface area contributed by atoms with Crippen LogP contribution in [-0.4, -0.2) is 35.6 Å². The summed E-state index contributed by atoms with van der Waals surface area (Å²) >= 11 is 1.67. The van der Waals surface area contributed by atoms with Crippen LogP contribution in [0.25, 0.3) is 0 Å². The molecule has 0 saturated carbocycles. The molecule has 2 aromatic rings. The normalized spacial score (nSPS) is 11.7. The van der Waals surface area contributed by atoms with Gasteiger partial charge in [0.25, 0.3) is 0 Å². The molecule has 28 heavy (non-hydrogen) atoms. The van der Waals surface area contributed by atoms with E-state index in [1.807, 2.05) is 38.1 Å². The fourth-order valence-electron chi connectivity index (χ4n) is 3.09. The van der Waals surface area contributed by atoms with Gasteiger partial charge in [0.05, 0.1) is 0 Å². The molecule has 2 rings (SSSR count). The van der Waals surface area contributed by atoms with Crippen LogP contribution in [0.2, 0.25) is 0 Å². The predicted octanol–water partition coefficient (Wildman–Crippen LogP) is 4.34. The first-order valence-electron chi connectivity index (χ1n) is 9.71. The van der Waals surface area contributed by atoms with E-state index in [9.17, 15) is 9.59 Å². The zero-order chi connectivity index (χ0) is 20.5. The summed E-state index contributed by atoms with van der Waals surface area (Å²) in [6.45, 7) is 6.49. The third kappa shape index (κ3) is 6.13. The summed E-state index contributed by atoms with van der Waals surface area (Å²) in [4.78, 5) is 28.3. The van der Waals surface area contributed by atoms with Crippen molar-refractivity contribution in [3.05, 3.63) is 65.2 Å². The third-order valence-corrected chi connectivity index (χ3v) is 5.85. The van der Waals surface area contributed by atoms with Gasteiger partial charge >= 0.3 is 0 Å². The molecule has 0 saturated heterocycles. The van der Waals surface area contributed by atoms with E-state index in [1.165, 1.54) is 5.56 Å². The highest BCUT2D eigenvalue weighted by atomic mass is 32.2. The van der Waals surface area contributed by atoms with E-state index in [2.05, 4.69) is 36.5 Å². The van der Waals surface area contributed by atoms with Gasteiger partial charge in [-0.05, 0) is 43.5 Å². The highest BCUT2D eigenvalue weighted by molar-refractivity contribution is 7.99. The first kappa shape index (κ1) is 22.0. The molecule has 1 atom stereocenters. The summed E-state index contributed by atoms with van der Waals surface area (Å²) < 4.78 is 0. The largest absolute Gasteiger partial charge is 0.357 e. The summed E-state index contributed by atoms with van der Waals surface area (Å²) in [7, 11) is 1.62. The van der Waals surface area contributed by atoms with E-state index in [4.69, 9.17) is 0 Å². The maximum atomic E-state index is 13.1. The fourth-order valence-corrected chi connectivity index (χ4v) is 3.93. The van der Waals surface area contributed by atoms with Gasteiger partial charge in [-0.1, -0.05) is 48.9 Å². The molecular weight excluding hydrogens is 368 g/mol. The van der Waals surface area contributed by atoms with Crippen molar-refractivity contribution in [3.63, 3.8) is 0 Å². The molecular formula is C23H30N2O2S. The van der Waals surface area contributed by atoms with Gasteiger partial charge in [0.1, 0.15) is 6.04 Å². The first-order chi connectivity index (χ1) is 13.5. The smallest absolute Gasteiger partial charge is 0.242 e. The fraction of sp³-hybridized carbons (Fsp3) is 0.391. The van der Waals surface area contributed by atoms with Gasteiger partial charge in [0.2, 0.25) is 11.8 Å². The molecule has 0 unspecified atom stereocenters. The highest BCUT2D eigenvalue weighted by Gasteiger charge is 2.27. The number of thioether (sulfide) groups is 1. The van der Waals surface area contributed by atoms with E-state index in [1.54, 1.807) is 23.7 Å². The van der Waals surface area contributed by atoms with Crippen LogP contribution in [0, 0.1) is 13.8 Å². The molecule has 0 heterocycles. The molecule has 2 amide bonds. The van der Waals surface area contributed by atoms with E-state index in [0.29, 0.717) is 25.1 Å². The summed E-state index contributed by atoms with van der Waals surface area (Å²) in [6.07, 6.45) is 0.986. The zero-order valence-corrected chi connectivity index (χ0v) is 18.0. The molecule has 2 aromatic carbocycles. The average Bonchev–Trinajstić information content (AvgIpc) is 2.70. The lowest BCUT2D eigenvalue weighted by Crippen LogP contribution is -2.48. The van der Waals surface area contributed by atoms with E-state index < -0.39 is 6.04 Å². The third-order valence-electron chi connectivity index (χ3n) is 4.84. The summed E-state index contributed by atoms with van der Waals surface area (Å²) in [6, 6.07) is 15.9. The Kier molecular flexibility index (Phi) is 8.58. The van der Waals surface area contributed by atoms with E-state index in [0.717, 1.165) is 16.0 Å². The number of carbonyl (C=O) groups is 2. The number of nitrogens with zero attached hydrogens (tertiary/aromatic N) is 1. The van der Waals surface area contributed by atoms with Gasteiger partial charge in [-0.25, -0.2) is 0 Å². The van der Waals surface area contributed by atoms with Crippen LogP contribution < -0.4 is 5.32 Å². The lowest BCUT2D eigenvalue weighted by molar-refractivity contribution is -0.140. The second-order valence-electron chi connectivity index (χ2n) is 6.90. The van der Waals surface area contributed by atoms with Crippen LogP contribution in [0.3, 0.4) is 0 Å². The number of rotatable bonds is 9. The van der Waals surface area contributed by atoms with Crippen LogP contribution in [0.5, 0.6) is 0 Å². The average molecular weight is 399 g/mol. The number of carbonyl (C=O) groups excluding carboxylic acids is 2. The molecule has 0 aliphatic heterocycles. The molecule has 0 fully saturated rings. The molecule has 150 valence electrons. The Bertz CT molecular complexity index is 789.